The number of likely N-dealkylation sites (N-methyl/N-ethyl adjacent to an activating group) is 1. The lowest BCUT2D eigenvalue weighted by molar-refractivity contribution is -0.159. The lowest BCUT2D eigenvalue weighted by Gasteiger charge is -2.46. The van der Waals surface area contributed by atoms with Gasteiger partial charge >= 0.3 is 5.97 Å². The summed E-state index contributed by atoms with van der Waals surface area (Å²) in [6.07, 6.45) is 0.745. The molecule has 0 aliphatic carbocycles. The molecule has 10 heteroatoms. The smallest absolute Gasteiger partial charge is 0.354 e. The number of esters is 1. The van der Waals surface area contributed by atoms with Gasteiger partial charge in [-0.05, 0) is 24.3 Å². The van der Waals surface area contributed by atoms with Gasteiger partial charge in [-0.1, -0.05) is 24.3 Å². The molecule has 2 aliphatic heterocycles. The van der Waals surface area contributed by atoms with Crippen LogP contribution in [-0.2, 0) is 25.5 Å². The molecular weight excluding hydrogens is 456 g/mol. The van der Waals surface area contributed by atoms with Gasteiger partial charge < -0.3 is 15.0 Å². The second-order valence-corrected chi connectivity index (χ2v) is 9.29. The van der Waals surface area contributed by atoms with E-state index >= 15 is 0 Å². The van der Waals surface area contributed by atoms with Gasteiger partial charge in [0.15, 0.2) is 6.61 Å². The van der Waals surface area contributed by atoms with Gasteiger partial charge in [0.2, 0.25) is 11.6 Å². The van der Waals surface area contributed by atoms with Crippen molar-refractivity contribution in [2.45, 2.75) is 24.9 Å². The maximum absolute atomic E-state index is 13.2. The molecule has 0 radical (unpaired) electrons. The van der Waals surface area contributed by atoms with Gasteiger partial charge in [-0.2, -0.15) is 0 Å². The minimum atomic E-state index is -1.59. The highest BCUT2D eigenvalue weighted by molar-refractivity contribution is 7.18. The van der Waals surface area contributed by atoms with Gasteiger partial charge in [-0.15, -0.1) is 11.3 Å². The summed E-state index contributed by atoms with van der Waals surface area (Å²) in [5.41, 5.74) is 0.0519. The first-order valence-corrected chi connectivity index (χ1v) is 11.7. The summed E-state index contributed by atoms with van der Waals surface area (Å²) in [6, 6.07) is 14.5. The maximum Gasteiger partial charge on any atom is 0.354 e. The van der Waals surface area contributed by atoms with E-state index in [4.69, 9.17) is 4.74 Å². The minimum Gasteiger partial charge on any atom is -0.452 e. The van der Waals surface area contributed by atoms with Crippen molar-refractivity contribution in [1.82, 2.24) is 15.2 Å². The van der Waals surface area contributed by atoms with E-state index in [0.717, 1.165) is 15.2 Å². The van der Waals surface area contributed by atoms with E-state index < -0.39 is 24.1 Å². The van der Waals surface area contributed by atoms with Crippen molar-refractivity contribution >= 4 is 50.9 Å². The largest absolute Gasteiger partial charge is 0.452 e. The van der Waals surface area contributed by atoms with E-state index in [1.807, 2.05) is 24.3 Å². The monoisotopic (exact) mass is 478 g/mol. The molecule has 9 nitrogen and oxygen atoms in total. The summed E-state index contributed by atoms with van der Waals surface area (Å²) < 4.78 is 6.41. The highest BCUT2D eigenvalue weighted by Crippen LogP contribution is 2.44. The summed E-state index contributed by atoms with van der Waals surface area (Å²) in [5, 5.41) is 3.63. The van der Waals surface area contributed by atoms with E-state index in [1.54, 1.807) is 35.6 Å². The van der Waals surface area contributed by atoms with E-state index in [0.29, 0.717) is 24.2 Å². The molecule has 1 aromatic heterocycles. The van der Waals surface area contributed by atoms with Gasteiger partial charge in [0.25, 0.3) is 11.8 Å². The molecule has 174 valence electrons. The number of benzene rings is 2. The lowest BCUT2D eigenvalue weighted by atomic mass is 9.97. The Morgan fingerprint density at radius 3 is 2.74 bits per heavy atom. The van der Waals surface area contributed by atoms with Crippen LogP contribution in [0.2, 0.25) is 0 Å². The molecule has 3 amide bonds. The number of anilines is 1. The Hall–Kier alpha value is -3.79. The van der Waals surface area contributed by atoms with Crippen molar-refractivity contribution in [2.24, 2.45) is 0 Å². The normalized spacial score (nSPS) is 19.2. The Labute approximate surface area is 199 Å². The Morgan fingerprint density at radius 1 is 1.15 bits per heavy atom. The van der Waals surface area contributed by atoms with Gasteiger partial charge in [0.05, 0.1) is 26.5 Å². The molecule has 34 heavy (non-hydrogen) atoms. The number of aromatic nitrogens is 1. The standard InChI is InChI=1S/C24H22N4O5S/c1-27-22(31)15-6-2-4-8-17(15)28-21(30)10-12-24(27,28)23(32)33-14-19(29)25-13-11-20-26-16-7-3-5-9-18(16)34-20/h2-9H,10-14H2,1H3,(H,25,29). The number of amides is 3. The Balaban J connectivity index is 1.23. The predicted octanol–water partition coefficient (Wildman–Crippen LogP) is 2.11. The molecule has 2 aromatic carbocycles. The minimum absolute atomic E-state index is 0.0927. The van der Waals surface area contributed by atoms with Crippen LogP contribution in [0.1, 0.15) is 28.2 Å². The average molecular weight is 479 g/mol. The second kappa shape index (κ2) is 8.53. The van der Waals surface area contributed by atoms with Crippen LogP contribution in [-0.4, -0.2) is 59.4 Å². The number of para-hydroxylation sites is 2. The Kier molecular flexibility index (Phi) is 5.52. The number of rotatable bonds is 6. The SMILES string of the molecule is CN1C(=O)c2ccccc2N2C(=O)CCC12C(=O)OCC(=O)NCCc1nc2ccccc2s1. The van der Waals surface area contributed by atoms with Crippen molar-refractivity contribution in [3.8, 4) is 0 Å². The lowest BCUT2D eigenvalue weighted by Crippen LogP contribution is -2.67. The molecule has 1 N–H and O–H groups in total. The third-order valence-corrected chi connectivity index (χ3v) is 7.30. The maximum atomic E-state index is 13.2. The van der Waals surface area contributed by atoms with Crippen LogP contribution >= 0.6 is 11.3 Å². The quantitative estimate of drug-likeness (QED) is 0.544. The molecule has 1 saturated heterocycles. The zero-order chi connectivity index (χ0) is 23.9. The first-order chi connectivity index (χ1) is 16.4. The van der Waals surface area contributed by atoms with Crippen LogP contribution in [0.3, 0.4) is 0 Å². The topological polar surface area (TPSA) is 109 Å². The van der Waals surface area contributed by atoms with E-state index in [1.165, 1.54) is 16.8 Å². The molecule has 0 spiro atoms. The fourth-order valence-corrected chi connectivity index (χ4v) is 5.49. The van der Waals surface area contributed by atoms with Crippen LogP contribution in [0.4, 0.5) is 5.69 Å². The molecule has 3 heterocycles. The van der Waals surface area contributed by atoms with Crippen LogP contribution in [0.5, 0.6) is 0 Å². The van der Waals surface area contributed by atoms with E-state index in [-0.39, 0.29) is 24.7 Å². The fraction of sp³-hybridized carbons (Fsp3) is 0.292. The van der Waals surface area contributed by atoms with Gasteiger partial charge in [0, 0.05) is 32.9 Å². The van der Waals surface area contributed by atoms with E-state index in [2.05, 4.69) is 10.3 Å². The number of ether oxygens (including phenoxy) is 1. The molecule has 1 fully saturated rings. The van der Waals surface area contributed by atoms with Crippen molar-refractivity contribution in [1.29, 1.82) is 0 Å². The molecule has 1 unspecified atom stereocenters. The highest BCUT2D eigenvalue weighted by Gasteiger charge is 2.60. The third kappa shape index (κ3) is 3.50. The van der Waals surface area contributed by atoms with Crippen LogP contribution in [0.15, 0.2) is 48.5 Å². The number of carbonyl (C=O) groups excluding carboxylic acids is 4. The number of nitrogens with one attached hydrogen (secondary N) is 1. The van der Waals surface area contributed by atoms with Crippen molar-refractivity contribution < 1.29 is 23.9 Å². The molecular formula is C24H22N4O5S. The van der Waals surface area contributed by atoms with Gasteiger partial charge in [-0.25, -0.2) is 9.78 Å². The summed E-state index contributed by atoms with van der Waals surface area (Å²) in [7, 11) is 1.48. The Morgan fingerprint density at radius 2 is 1.91 bits per heavy atom. The predicted molar refractivity (Wildman–Crippen MR) is 125 cm³/mol. The highest BCUT2D eigenvalue weighted by atomic mass is 32.1. The number of thiazole rings is 1. The number of hydrogen-bond donors (Lipinski definition) is 1. The number of nitrogens with zero attached hydrogens (tertiary/aromatic N) is 3. The van der Waals surface area contributed by atoms with Crippen LogP contribution in [0.25, 0.3) is 10.2 Å². The number of carbonyl (C=O) groups is 4. The number of fused-ring (bicyclic) bond motifs is 4. The van der Waals surface area contributed by atoms with Crippen LogP contribution in [0, 0.1) is 0 Å². The average Bonchev–Trinajstić information content (AvgIpc) is 3.42. The summed E-state index contributed by atoms with van der Waals surface area (Å²) in [6.45, 7) is -0.163. The molecule has 1 atom stereocenters. The van der Waals surface area contributed by atoms with Gasteiger partial charge in [-0.3, -0.25) is 19.3 Å². The number of hydrogen-bond acceptors (Lipinski definition) is 7. The zero-order valence-electron chi connectivity index (χ0n) is 18.4. The van der Waals surface area contributed by atoms with E-state index in [9.17, 15) is 19.2 Å². The third-order valence-electron chi connectivity index (χ3n) is 6.20. The Bertz CT molecular complexity index is 1290. The molecule has 2 aliphatic rings. The first kappa shape index (κ1) is 22.0. The molecule has 5 rings (SSSR count). The van der Waals surface area contributed by atoms with Crippen molar-refractivity contribution in [2.75, 3.05) is 25.1 Å². The summed E-state index contributed by atoms with van der Waals surface area (Å²) in [5.74, 6) is -1.92. The zero-order valence-corrected chi connectivity index (χ0v) is 19.3. The molecule has 0 bridgehead atoms. The van der Waals surface area contributed by atoms with Crippen molar-refractivity contribution in [3.63, 3.8) is 0 Å². The second-order valence-electron chi connectivity index (χ2n) is 8.18. The van der Waals surface area contributed by atoms with Crippen LogP contribution < -0.4 is 10.2 Å². The summed E-state index contributed by atoms with van der Waals surface area (Å²) >= 11 is 1.57. The fourth-order valence-electron chi connectivity index (χ4n) is 4.52. The molecule has 0 saturated carbocycles. The van der Waals surface area contributed by atoms with Crippen molar-refractivity contribution in [3.05, 3.63) is 59.1 Å². The summed E-state index contributed by atoms with van der Waals surface area (Å²) in [4.78, 5) is 58.3. The van der Waals surface area contributed by atoms with Gasteiger partial charge in [0.1, 0.15) is 0 Å². The first-order valence-electron chi connectivity index (χ1n) is 10.9. The molecule has 3 aromatic rings.